The van der Waals surface area contributed by atoms with Crippen molar-refractivity contribution in [2.75, 3.05) is 24.2 Å². The fourth-order valence-corrected chi connectivity index (χ4v) is 3.36. The van der Waals surface area contributed by atoms with E-state index < -0.39 is 0 Å². The first kappa shape index (κ1) is 19.2. The third-order valence-electron chi connectivity index (χ3n) is 4.41. The van der Waals surface area contributed by atoms with Gasteiger partial charge in [-0.25, -0.2) is 0 Å². The summed E-state index contributed by atoms with van der Waals surface area (Å²) in [6, 6.07) is 18.7. The van der Waals surface area contributed by atoms with Crippen molar-refractivity contribution in [3.05, 3.63) is 71.5 Å². The number of benzene rings is 2. The number of thioether (sulfide) groups is 1. The van der Waals surface area contributed by atoms with E-state index in [2.05, 4.69) is 70.4 Å². The molecule has 6 heteroatoms. The van der Waals surface area contributed by atoms with Crippen molar-refractivity contribution in [3.63, 3.8) is 0 Å². The van der Waals surface area contributed by atoms with E-state index in [1.165, 1.54) is 11.3 Å². The molecule has 3 aromatic rings. The molecule has 27 heavy (non-hydrogen) atoms. The molecule has 0 aliphatic carbocycles. The van der Waals surface area contributed by atoms with Gasteiger partial charge in [0.15, 0.2) is 5.82 Å². The summed E-state index contributed by atoms with van der Waals surface area (Å²) in [5.41, 5.74) is 3.48. The van der Waals surface area contributed by atoms with Gasteiger partial charge in [-0.3, -0.25) is 0 Å². The van der Waals surface area contributed by atoms with Crippen LogP contribution in [0.2, 0.25) is 0 Å². The number of aromatic nitrogens is 3. The lowest BCUT2D eigenvalue weighted by molar-refractivity contribution is 0.730. The number of hydrogen-bond acceptors (Lipinski definition) is 5. The second-order valence-electron chi connectivity index (χ2n) is 6.09. The van der Waals surface area contributed by atoms with E-state index in [-0.39, 0.29) is 0 Å². The molecule has 1 heterocycles. The topological polar surface area (TPSA) is 46.3 Å². The Bertz CT molecular complexity index is 867. The summed E-state index contributed by atoms with van der Waals surface area (Å²) >= 11 is 1.54. The molecule has 0 unspecified atom stereocenters. The van der Waals surface area contributed by atoms with Crippen LogP contribution in [-0.4, -0.2) is 40.4 Å². The highest BCUT2D eigenvalue weighted by Crippen LogP contribution is 2.17. The van der Waals surface area contributed by atoms with Crippen molar-refractivity contribution >= 4 is 23.7 Å². The van der Waals surface area contributed by atoms with Crippen LogP contribution in [0.1, 0.15) is 30.8 Å². The minimum atomic E-state index is 0.701. The van der Waals surface area contributed by atoms with Crippen molar-refractivity contribution in [1.82, 2.24) is 14.9 Å². The smallest absolute Gasteiger partial charge is 0.211 e. The van der Waals surface area contributed by atoms with Crippen LogP contribution in [0.15, 0.2) is 64.9 Å². The third-order valence-corrected chi connectivity index (χ3v) is 5.03. The van der Waals surface area contributed by atoms with E-state index in [0.717, 1.165) is 29.6 Å². The van der Waals surface area contributed by atoms with Crippen LogP contribution >= 0.6 is 11.8 Å². The van der Waals surface area contributed by atoms with Crippen molar-refractivity contribution in [1.29, 1.82) is 0 Å². The maximum absolute atomic E-state index is 4.65. The molecule has 0 fully saturated rings. The third kappa shape index (κ3) is 4.77. The second kappa shape index (κ2) is 9.37. The molecule has 0 aliphatic heterocycles. The molecule has 5 nitrogen and oxygen atoms in total. The summed E-state index contributed by atoms with van der Waals surface area (Å²) in [5.74, 6) is 0.835. The van der Waals surface area contributed by atoms with E-state index in [9.17, 15) is 0 Å². The maximum atomic E-state index is 4.65. The highest BCUT2D eigenvalue weighted by Gasteiger charge is 2.11. The van der Waals surface area contributed by atoms with Gasteiger partial charge in [0, 0.05) is 25.2 Å². The number of hydrogen-bond donors (Lipinski definition) is 0. The first-order valence-corrected chi connectivity index (χ1v) is 10.4. The molecule has 3 rings (SSSR count). The van der Waals surface area contributed by atoms with Crippen molar-refractivity contribution in [2.45, 2.75) is 25.4 Å². The van der Waals surface area contributed by atoms with Crippen LogP contribution in [0.5, 0.6) is 0 Å². The Kier molecular flexibility index (Phi) is 6.65. The Labute approximate surface area is 165 Å². The molecule has 0 aliphatic rings. The summed E-state index contributed by atoms with van der Waals surface area (Å²) in [5, 5.41) is 14.0. The van der Waals surface area contributed by atoms with Gasteiger partial charge in [0.2, 0.25) is 5.16 Å². The summed E-state index contributed by atoms with van der Waals surface area (Å²) in [7, 11) is 0. The largest absolute Gasteiger partial charge is 0.372 e. The lowest BCUT2D eigenvalue weighted by Crippen LogP contribution is -2.21. The zero-order valence-electron chi connectivity index (χ0n) is 16.0. The van der Waals surface area contributed by atoms with Gasteiger partial charge < -0.3 is 4.90 Å². The highest BCUT2D eigenvalue weighted by atomic mass is 32.2. The lowest BCUT2D eigenvalue weighted by Gasteiger charge is -2.20. The first-order chi connectivity index (χ1) is 13.2. The summed E-state index contributed by atoms with van der Waals surface area (Å²) in [6.45, 7) is 6.35. The van der Waals surface area contributed by atoms with Gasteiger partial charge in [-0.1, -0.05) is 54.2 Å². The van der Waals surface area contributed by atoms with Crippen LogP contribution in [-0.2, 0) is 6.42 Å². The molecule has 140 valence electrons. The number of rotatable bonds is 8. The molecular formula is C21H25N5S. The van der Waals surface area contributed by atoms with E-state index in [4.69, 9.17) is 0 Å². The zero-order chi connectivity index (χ0) is 19.1. The van der Waals surface area contributed by atoms with E-state index in [1.807, 2.05) is 35.3 Å². The molecule has 0 amide bonds. The Hall–Kier alpha value is -2.60. The van der Waals surface area contributed by atoms with Gasteiger partial charge in [0.05, 0.1) is 6.21 Å². The average molecular weight is 380 g/mol. The monoisotopic (exact) mass is 379 g/mol. The van der Waals surface area contributed by atoms with Gasteiger partial charge in [0.25, 0.3) is 0 Å². The van der Waals surface area contributed by atoms with E-state index >= 15 is 0 Å². The predicted octanol–water partition coefficient (Wildman–Crippen LogP) is 4.32. The quantitative estimate of drug-likeness (QED) is 0.432. The Morgan fingerprint density at radius 3 is 2.33 bits per heavy atom. The molecule has 0 atom stereocenters. The normalized spacial score (nSPS) is 11.2. The van der Waals surface area contributed by atoms with Crippen LogP contribution in [0.4, 0.5) is 5.69 Å². The van der Waals surface area contributed by atoms with E-state index in [0.29, 0.717) is 6.42 Å². The summed E-state index contributed by atoms with van der Waals surface area (Å²) in [6.07, 6.45) is 4.55. The fraction of sp³-hybridized carbons (Fsp3) is 0.286. The molecule has 0 spiro atoms. The Morgan fingerprint density at radius 1 is 1.00 bits per heavy atom. The summed E-state index contributed by atoms with van der Waals surface area (Å²) < 4.78 is 1.83. The molecule has 0 N–H and O–H groups in total. The summed E-state index contributed by atoms with van der Waals surface area (Å²) in [4.78, 5) is 2.32. The molecule has 0 radical (unpaired) electrons. The van der Waals surface area contributed by atoms with Crippen LogP contribution < -0.4 is 4.90 Å². The van der Waals surface area contributed by atoms with Crippen molar-refractivity contribution < 1.29 is 0 Å². The van der Waals surface area contributed by atoms with Crippen molar-refractivity contribution in [3.8, 4) is 0 Å². The molecule has 0 saturated heterocycles. The van der Waals surface area contributed by atoms with E-state index in [1.54, 1.807) is 11.8 Å². The minimum Gasteiger partial charge on any atom is -0.372 e. The van der Waals surface area contributed by atoms with Gasteiger partial charge in [0.1, 0.15) is 0 Å². The molecule has 0 bridgehead atoms. The van der Waals surface area contributed by atoms with Crippen LogP contribution in [0, 0.1) is 0 Å². The van der Waals surface area contributed by atoms with Crippen LogP contribution in [0.25, 0.3) is 0 Å². The van der Waals surface area contributed by atoms with Crippen LogP contribution in [0.3, 0.4) is 0 Å². The highest BCUT2D eigenvalue weighted by molar-refractivity contribution is 7.98. The van der Waals surface area contributed by atoms with Gasteiger partial charge in [-0.05, 0) is 43.4 Å². The minimum absolute atomic E-state index is 0.701. The van der Waals surface area contributed by atoms with Gasteiger partial charge in [-0.2, -0.15) is 9.78 Å². The number of anilines is 1. The Morgan fingerprint density at radius 2 is 1.70 bits per heavy atom. The van der Waals surface area contributed by atoms with Gasteiger partial charge >= 0.3 is 0 Å². The van der Waals surface area contributed by atoms with Crippen molar-refractivity contribution in [2.24, 2.45) is 5.10 Å². The molecule has 0 saturated carbocycles. The fourth-order valence-electron chi connectivity index (χ4n) is 2.91. The maximum Gasteiger partial charge on any atom is 0.211 e. The predicted molar refractivity (Wildman–Crippen MR) is 114 cm³/mol. The lowest BCUT2D eigenvalue weighted by atomic mass is 10.1. The number of nitrogens with zero attached hydrogens (tertiary/aromatic N) is 5. The zero-order valence-corrected chi connectivity index (χ0v) is 16.9. The first-order valence-electron chi connectivity index (χ1n) is 9.16. The van der Waals surface area contributed by atoms with Gasteiger partial charge in [-0.15, -0.1) is 10.2 Å². The Balaban J connectivity index is 1.81. The average Bonchev–Trinajstić information content (AvgIpc) is 3.10. The molecular weight excluding hydrogens is 354 g/mol. The second-order valence-corrected chi connectivity index (χ2v) is 6.86. The molecule has 1 aromatic heterocycles. The molecule has 2 aromatic carbocycles. The SMILES string of the molecule is CCN(CC)c1ccc(/C=N\n2c(Cc3ccccc3)nnc2SC)cc1. The standard InChI is InChI=1S/C21H25N5S/c1-4-25(5-2)19-13-11-18(12-14-19)16-22-26-20(23-24-21(26)27-3)15-17-9-7-6-8-10-17/h6-14,16H,4-5,15H2,1-3H3/b22-16-.